The number of hydrogen-bond acceptors (Lipinski definition) is 3. The van der Waals surface area contributed by atoms with Crippen molar-refractivity contribution in [1.29, 1.82) is 0 Å². The first-order valence-corrected chi connectivity index (χ1v) is 5.73. The molecule has 2 aromatic carbocycles. The van der Waals surface area contributed by atoms with Gasteiger partial charge in [-0.15, -0.1) is 0 Å². The third-order valence-electron chi connectivity index (χ3n) is 2.74. The summed E-state index contributed by atoms with van der Waals surface area (Å²) in [5.74, 6) is 0.113. The molecule has 0 spiro atoms. The average Bonchev–Trinajstić information content (AvgIpc) is 2.36. The van der Waals surface area contributed by atoms with Crippen molar-refractivity contribution in [2.75, 3.05) is 13.7 Å². The van der Waals surface area contributed by atoms with E-state index in [-0.39, 0.29) is 11.5 Å². The summed E-state index contributed by atoms with van der Waals surface area (Å²) in [4.78, 5) is 0. The van der Waals surface area contributed by atoms with E-state index in [9.17, 15) is 10.2 Å². The summed E-state index contributed by atoms with van der Waals surface area (Å²) in [5.41, 5.74) is 2.35. The van der Waals surface area contributed by atoms with E-state index < -0.39 is 0 Å². The summed E-state index contributed by atoms with van der Waals surface area (Å²) >= 11 is 0. The average molecular weight is 243 g/mol. The van der Waals surface area contributed by atoms with Gasteiger partial charge in [0.15, 0.2) is 0 Å². The fourth-order valence-corrected chi connectivity index (χ4v) is 1.94. The van der Waals surface area contributed by atoms with Gasteiger partial charge in [-0.1, -0.05) is 24.3 Å². The number of rotatable bonds is 4. The number of aromatic hydroxyl groups is 2. The molecule has 0 fully saturated rings. The van der Waals surface area contributed by atoms with Crippen LogP contribution in [-0.2, 0) is 11.2 Å². The van der Waals surface area contributed by atoms with E-state index in [0.29, 0.717) is 18.6 Å². The van der Waals surface area contributed by atoms with Gasteiger partial charge >= 0.3 is 0 Å². The zero-order valence-electron chi connectivity index (χ0n) is 10.2. The molecular weight excluding hydrogens is 228 g/mol. The van der Waals surface area contributed by atoms with E-state index in [1.54, 1.807) is 19.2 Å². The van der Waals surface area contributed by atoms with Gasteiger partial charge in [-0.3, -0.25) is 0 Å². The second-order valence-electron chi connectivity index (χ2n) is 4.02. The van der Waals surface area contributed by atoms with Crippen LogP contribution in [0.15, 0.2) is 36.4 Å². The van der Waals surface area contributed by atoms with Crippen LogP contribution in [0.5, 0.6) is 11.5 Å². The standard InChI is InChI=1S/C15H15O3/c1-18-8-7-12-9-13(16)10-14(17)15(12)11-5-3-2-4-6-11/h2-5,9-10,16-17H,7-8H2,1H3. The highest BCUT2D eigenvalue weighted by atomic mass is 16.5. The van der Waals surface area contributed by atoms with Gasteiger partial charge in [0.05, 0.1) is 6.61 Å². The Labute approximate surface area is 106 Å². The van der Waals surface area contributed by atoms with Crippen LogP contribution in [0.2, 0.25) is 0 Å². The van der Waals surface area contributed by atoms with Crippen LogP contribution < -0.4 is 0 Å². The second-order valence-corrected chi connectivity index (χ2v) is 4.02. The molecule has 0 atom stereocenters. The van der Waals surface area contributed by atoms with E-state index in [0.717, 1.165) is 11.1 Å². The zero-order valence-corrected chi connectivity index (χ0v) is 10.2. The van der Waals surface area contributed by atoms with E-state index in [2.05, 4.69) is 6.07 Å². The number of methoxy groups -OCH3 is 1. The molecule has 3 nitrogen and oxygen atoms in total. The summed E-state index contributed by atoms with van der Waals surface area (Å²) in [6.07, 6.45) is 0.622. The molecule has 0 aliphatic carbocycles. The number of benzene rings is 2. The van der Waals surface area contributed by atoms with Crippen LogP contribution in [-0.4, -0.2) is 23.9 Å². The Bertz CT molecular complexity index is 521. The maximum atomic E-state index is 10.0. The fraction of sp³-hybridized carbons (Fsp3) is 0.200. The Morgan fingerprint density at radius 2 is 2.06 bits per heavy atom. The molecule has 0 heterocycles. The highest BCUT2D eigenvalue weighted by molar-refractivity contribution is 5.74. The van der Waals surface area contributed by atoms with Crippen molar-refractivity contribution in [1.82, 2.24) is 0 Å². The van der Waals surface area contributed by atoms with Gasteiger partial charge in [0, 0.05) is 18.7 Å². The number of hydrogen-bond donors (Lipinski definition) is 2. The van der Waals surface area contributed by atoms with E-state index in [4.69, 9.17) is 4.74 Å². The van der Waals surface area contributed by atoms with Crippen molar-refractivity contribution in [3.05, 3.63) is 48.0 Å². The number of phenols is 2. The minimum absolute atomic E-state index is 0.0540. The first-order valence-electron chi connectivity index (χ1n) is 5.73. The Kier molecular flexibility index (Phi) is 3.85. The Balaban J connectivity index is 2.50. The SMILES string of the molecule is COCCc1cc(O)cc(O)c1-c1[c]cccc1. The van der Waals surface area contributed by atoms with Crippen LogP contribution >= 0.6 is 0 Å². The Hall–Kier alpha value is -2.00. The predicted molar refractivity (Wildman–Crippen MR) is 69.6 cm³/mol. The zero-order chi connectivity index (χ0) is 13.0. The van der Waals surface area contributed by atoms with Crippen molar-refractivity contribution in [2.24, 2.45) is 0 Å². The van der Waals surface area contributed by atoms with Crippen LogP contribution in [0, 0.1) is 6.07 Å². The lowest BCUT2D eigenvalue weighted by molar-refractivity contribution is 0.202. The summed E-state index contributed by atoms with van der Waals surface area (Å²) in [6, 6.07) is 13.5. The minimum atomic E-state index is 0.0540. The van der Waals surface area contributed by atoms with Gasteiger partial charge in [0.1, 0.15) is 11.5 Å². The lowest BCUT2D eigenvalue weighted by atomic mass is 9.96. The smallest absolute Gasteiger partial charge is 0.127 e. The molecular formula is C15H15O3. The van der Waals surface area contributed by atoms with Crippen molar-refractivity contribution in [2.45, 2.75) is 6.42 Å². The van der Waals surface area contributed by atoms with Crippen LogP contribution in [0.3, 0.4) is 0 Å². The van der Waals surface area contributed by atoms with Gasteiger partial charge in [-0.05, 0) is 29.7 Å². The molecule has 0 unspecified atom stereocenters. The lowest BCUT2D eigenvalue weighted by Crippen LogP contribution is -1.97. The minimum Gasteiger partial charge on any atom is -0.508 e. The van der Waals surface area contributed by atoms with Crippen LogP contribution in [0.4, 0.5) is 0 Å². The first-order chi connectivity index (χ1) is 8.72. The Morgan fingerprint density at radius 1 is 1.22 bits per heavy atom. The largest absolute Gasteiger partial charge is 0.508 e. The lowest BCUT2D eigenvalue weighted by Gasteiger charge is -2.12. The molecule has 0 aliphatic rings. The molecule has 0 saturated carbocycles. The molecule has 2 rings (SSSR count). The molecule has 3 heteroatoms. The summed E-state index contributed by atoms with van der Waals surface area (Å²) in [5, 5.41) is 19.6. The quantitative estimate of drug-likeness (QED) is 0.868. The van der Waals surface area contributed by atoms with E-state index in [1.165, 1.54) is 6.07 Å². The number of phenolic OH excluding ortho intramolecular Hbond substituents is 2. The molecule has 93 valence electrons. The van der Waals surface area contributed by atoms with Crippen LogP contribution in [0.25, 0.3) is 11.1 Å². The predicted octanol–water partition coefficient (Wildman–Crippen LogP) is 2.75. The third kappa shape index (κ3) is 2.63. The molecule has 0 amide bonds. The van der Waals surface area contributed by atoms with Gasteiger partial charge in [0.2, 0.25) is 0 Å². The molecule has 2 N–H and O–H groups in total. The number of ether oxygens (including phenoxy) is 1. The molecule has 1 radical (unpaired) electrons. The summed E-state index contributed by atoms with van der Waals surface area (Å²) < 4.78 is 5.04. The molecule has 18 heavy (non-hydrogen) atoms. The van der Waals surface area contributed by atoms with Crippen molar-refractivity contribution < 1.29 is 14.9 Å². The normalized spacial score (nSPS) is 10.5. The van der Waals surface area contributed by atoms with E-state index in [1.807, 2.05) is 18.2 Å². The first kappa shape index (κ1) is 12.5. The van der Waals surface area contributed by atoms with Gasteiger partial charge < -0.3 is 14.9 Å². The van der Waals surface area contributed by atoms with Crippen molar-refractivity contribution in [3.63, 3.8) is 0 Å². The summed E-state index contributed by atoms with van der Waals surface area (Å²) in [7, 11) is 1.62. The van der Waals surface area contributed by atoms with Crippen molar-refractivity contribution >= 4 is 0 Å². The topological polar surface area (TPSA) is 49.7 Å². The Morgan fingerprint density at radius 3 is 2.72 bits per heavy atom. The summed E-state index contributed by atoms with van der Waals surface area (Å²) in [6.45, 7) is 0.530. The molecule has 0 bridgehead atoms. The van der Waals surface area contributed by atoms with E-state index >= 15 is 0 Å². The third-order valence-corrected chi connectivity index (χ3v) is 2.74. The van der Waals surface area contributed by atoms with Gasteiger partial charge in [-0.25, -0.2) is 0 Å². The second kappa shape index (κ2) is 5.56. The highest BCUT2D eigenvalue weighted by Gasteiger charge is 2.12. The highest BCUT2D eigenvalue weighted by Crippen LogP contribution is 2.35. The fourth-order valence-electron chi connectivity index (χ4n) is 1.94. The molecule has 0 aliphatic heterocycles. The maximum Gasteiger partial charge on any atom is 0.127 e. The van der Waals surface area contributed by atoms with Gasteiger partial charge in [0.25, 0.3) is 0 Å². The van der Waals surface area contributed by atoms with Crippen LogP contribution in [0.1, 0.15) is 5.56 Å². The van der Waals surface area contributed by atoms with Gasteiger partial charge in [-0.2, -0.15) is 0 Å². The molecule has 0 aromatic heterocycles. The maximum absolute atomic E-state index is 10.0. The molecule has 2 aromatic rings. The van der Waals surface area contributed by atoms with Crippen molar-refractivity contribution in [3.8, 4) is 22.6 Å². The monoisotopic (exact) mass is 243 g/mol. The molecule has 0 saturated heterocycles.